The molecule has 0 heterocycles. The van der Waals surface area contributed by atoms with Crippen molar-refractivity contribution >= 4 is 11.7 Å². The van der Waals surface area contributed by atoms with Gasteiger partial charge in [0.25, 0.3) is 0 Å². The summed E-state index contributed by atoms with van der Waals surface area (Å²) in [5.41, 5.74) is 6.58. The Labute approximate surface area is 217 Å². The summed E-state index contributed by atoms with van der Waals surface area (Å²) in [5.74, 6) is 0.429. The predicted molar refractivity (Wildman–Crippen MR) is 154 cm³/mol. The van der Waals surface area contributed by atoms with E-state index < -0.39 is 0 Å². The summed E-state index contributed by atoms with van der Waals surface area (Å²) in [5, 5.41) is 0. The second kappa shape index (κ2) is 20.1. The van der Waals surface area contributed by atoms with Crippen molar-refractivity contribution in [1.29, 1.82) is 0 Å². The maximum absolute atomic E-state index is 12.3. The van der Waals surface area contributed by atoms with Crippen LogP contribution >= 0.6 is 0 Å². The maximum atomic E-state index is 12.3. The van der Waals surface area contributed by atoms with Gasteiger partial charge in [0.15, 0.2) is 0 Å². The number of rotatable bonds is 18. The SMILES string of the molecule is CCN(CC)C(=O)/C(C)=C/CC/C(C)=C/CC/C(C)=C/CC/C(C)=C/CC/C(C)=C/CCC(C)=O. The molecule has 0 aromatic heterocycles. The molecule has 0 rings (SSSR count). The molecule has 0 radical (unpaired) electrons. The number of amides is 1. The lowest BCUT2D eigenvalue weighted by Crippen LogP contribution is -2.31. The van der Waals surface area contributed by atoms with Crippen LogP contribution in [-0.4, -0.2) is 29.7 Å². The Morgan fingerprint density at radius 3 is 1.14 bits per heavy atom. The lowest BCUT2D eigenvalue weighted by atomic mass is 10.0. The number of nitrogens with zero attached hydrogens (tertiary/aromatic N) is 1. The fourth-order valence-corrected chi connectivity index (χ4v) is 3.93. The third-order valence-corrected chi connectivity index (χ3v) is 6.46. The van der Waals surface area contributed by atoms with E-state index in [9.17, 15) is 9.59 Å². The van der Waals surface area contributed by atoms with Crippen LogP contribution in [0.1, 0.15) is 120 Å². The monoisotopic (exact) mass is 483 g/mol. The molecule has 1 amide bonds. The molecule has 198 valence electrons. The van der Waals surface area contributed by atoms with Gasteiger partial charge < -0.3 is 9.69 Å². The minimum absolute atomic E-state index is 0.163. The standard InChI is InChI=1S/C32H53NO2/c1-9-33(10-2)32(35)30(7)24-14-22-28(5)20-12-18-26(3)16-11-17-27(4)19-13-21-29(6)23-15-25-31(8)34/h16,19-20,23-24H,9-15,17-18,21-22,25H2,1-8H3/b26-16+,27-19+,28-20+,29-23+,30-24+. The van der Waals surface area contributed by atoms with E-state index in [1.54, 1.807) is 6.92 Å². The predicted octanol–water partition coefficient (Wildman–Crippen LogP) is 9.08. The van der Waals surface area contributed by atoms with Crippen molar-refractivity contribution in [2.45, 2.75) is 120 Å². The first-order valence-corrected chi connectivity index (χ1v) is 13.7. The third kappa shape index (κ3) is 17.9. The van der Waals surface area contributed by atoms with E-state index in [1.165, 1.54) is 22.3 Å². The van der Waals surface area contributed by atoms with Crippen LogP contribution in [0.4, 0.5) is 0 Å². The first-order chi connectivity index (χ1) is 16.6. The average Bonchev–Trinajstić information content (AvgIpc) is 2.79. The van der Waals surface area contributed by atoms with Crippen LogP contribution in [0.15, 0.2) is 58.2 Å². The molecule has 0 saturated heterocycles. The number of allylic oxidation sites excluding steroid dienone is 9. The van der Waals surface area contributed by atoms with Crippen molar-refractivity contribution in [3.63, 3.8) is 0 Å². The molecule has 3 nitrogen and oxygen atoms in total. The largest absolute Gasteiger partial charge is 0.340 e. The highest BCUT2D eigenvalue weighted by Crippen LogP contribution is 2.15. The number of ketones is 1. The zero-order chi connectivity index (χ0) is 26.6. The van der Waals surface area contributed by atoms with Crippen LogP contribution in [0, 0.1) is 0 Å². The normalized spacial score (nSPS) is 13.9. The summed E-state index contributed by atoms with van der Waals surface area (Å²) >= 11 is 0. The summed E-state index contributed by atoms with van der Waals surface area (Å²) in [7, 11) is 0. The molecular formula is C32H53NO2. The van der Waals surface area contributed by atoms with Gasteiger partial charge in [0, 0.05) is 25.1 Å². The van der Waals surface area contributed by atoms with E-state index in [0.717, 1.165) is 76.5 Å². The van der Waals surface area contributed by atoms with Gasteiger partial charge in [0.1, 0.15) is 5.78 Å². The van der Waals surface area contributed by atoms with E-state index in [4.69, 9.17) is 0 Å². The molecule has 0 fully saturated rings. The Morgan fingerprint density at radius 2 is 0.829 bits per heavy atom. The van der Waals surface area contributed by atoms with Gasteiger partial charge in [-0.25, -0.2) is 0 Å². The van der Waals surface area contributed by atoms with Crippen LogP contribution in [-0.2, 0) is 9.59 Å². The van der Waals surface area contributed by atoms with Gasteiger partial charge in [-0.05, 0) is 113 Å². The van der Waals surface area contributed by atoms with E-state index in [-0.39, 0.29) is 11.7 Å². The van der Waals surface area contributed by atoms with Crippen LogP contribution in [0.25, 0.3) is 0 Å². The number of Topliss-reactive ketones (excluding diaryl/α,β-unsaturated/α-hetero) is 1. The molecule has 3 heteroatoms. The molecule has 0 N–H and O–H groups in total. The molecule has 0 unspecified atom stereocenters. The van der Waals surface area contributed by atoms with Crippen LogP contribution < -0.4 is 0 Å². The lowest BCUT2D eigenvalue weighted by molar-refractivity contribution is -0.126. The topological polar surface area (TPSA) is 37.4 Å². The smallest absolute Gasteiger partial charge is 0.249 e. The van der Waals surface area contributed by atoms with Crippen molar-refractivity contribution in [1.82, 2.24) is 4.90 Å². The molecule has 0 spiro atoms. The molecule has 35 heavy (non-hydrogen) atoms. The quantitative estimate of drug-likeness (QED) is 0.144. The van der Waals surface area contributed by atoms with Gasteiger partial charge in [-0.1, -0.05) is 52.7 Å². The van der Waals surface area contributed by atoms with E-state index in [1.807, 2.05) is 25.7 Å². The second-order valence-corrected chi connectivity index (χ2v) is 9.96. The molecule has 0 saturated carbocycles. The zero-order valence-electron chi connectivity index (χ0n) is 24.1. The lowest BCUT2D eigenvalue weighted by Gasteiger charge is -2.18. The average molecular weight is 484 g/mol. The molecule has 0 aliphatic rings. The third-order valence-electron chi connectivity index (χ3n) is 6.46. The summed E-state index contributed by atoms with van der Waals surface area (Å²) in [6.45, 7) is 18.0. The van der Waals surface area contributed by atoms with Gasteiger partial charge in [-0.15, -0.1) is 0 Å². The molecule has 0 aromatic rings. The number of carbonyl (C=O) groups is 2. The van der Waals surface area contributed by atoms with Gasteiger partial charge in [0.05, 0.1) is 0 Å². The Bertz CT molecular complexity index is 788. The van der Waals surface area contributed by atoms with Crippen LogP contribution in [0.3, 0.4) is 0 Å². The van der Waals surface area contributed by atoms with Crippen molar-refractivity contribution in [3.05, 3.63) is 58.2 Å². The van der Waals surface area contributed by atoms with Crippen LogP contribution in [0.2, 0.25) is 0 Å². The number of hydrogen-bond donors (Lipinski definition) is 0. The fourth-order valence-electron chi connectivity index (χ4n) is 3.93. The van der Waals surface area contributed by atoms with Crippen LogP contribution in [0.5, 0.6) is 0 Å². The van der Waals surface area contributed by atoms with E-state index >= 15 is 0 Å². The Morgan fingerprint density at radius 1 is 0.514 bits per heavy atom. The minimum Gasteiger partial charge on any atom is -0.340 e. The molecule has 0 atom stereocenters. The summed E-state index contributed by atoms with van der Waals surface area (Å²) in [6.07, 6.45) is 21.5. The molecular weight excluding hydrogens is 430 g/mol. The van der Waals surface area contributed by atoms with Crippen molar-refractivity contribution in [3.8, 4) is 0 Å². The Kier molecular flexibility index (Phi) is 18.8. The summed E-state index contributed by atoms with van der Waals surface area (Å²) in [6, 6.07) is 0. The molecule has 0 aliphatic carbocycles. The fraction of sp³-hybridized carbons (Fsp3) is 0.625. The Hall–Kier alpha value is -2.16. The second-order valence-electron chi connectivity index (χ2n) is 9.96. The highest BCUT2D eigenvalue weighted by atomic mass is 16.2. The summed E-state index contributed by atoms with van der Waals surface area (Å²) in [4.78, 5) is 25.2. The highest BCUT2D eigenvalue weighted by Gasteiger charge is 2.10. The maximum Gasteiger partial charge on any atom is 0.249 e. The number of likely N-dealkylation sites (N-methyl/N-ethyl adjacent to an activating group) is 1. The van der Waals surface area contributed by atoms with Crippen molar-refractivity contribution in [2.75, 3.05) is 13.1 Å². The number of carbonyl (C=O) groups excluding carboxylic acids is 2. The van der Waals surface area contributed by atoms with E-state index in [0.29, 0.717) is 6.42 Å². The van der Waals surface area contributed by atoms with Gasteiger partial charge in [-0.2, -0.15) is 0 Å². The summed E-state index contributed by atoms with van der Waals surface area (Å²) < 4.78 is 0. The first-order valence-electron chi connectivity index (χ1n) is 13.7. The molecule has 0 bridgehead atoms. The van der Waals surface area contributed by atoms with Gasteiger partial charge in [-0.3, -0.25) is 4.79 Å². The minimum atomic E-state index is 0.163. The molecule has 0 aromatic carbocycles. The highest BCUT2D eigenvalue weighted by molar-refractivity contribution is 5.92. The Balaban J connectivity index is 4.25. The first kappa shape index (κ1) is 32.8. The zero-order valence-corrected chi connectivity index (χ0v) is 24.1. The van der Waals surface area contributed by atoms with Crippen molar-refractivity contribution in [2.24, 2.45) is 0 Å². The van der Waals surface area contributed by atoms with Gasteiger partial charge in [0.2, 0.25) is 5.91 Å². The number of hydrogen-bond acceptors (Lipinski definition) is 2. The van der Waals surface area contributed by atoms with Gasteiger partial charge >= 0.3 is 0 Å². The molecule has 0 aliphatic heterocycles. The van der Waals surface area contributed by atoms with Crippen molar-refractivity contribution < 1.29 is 9.59 Å². The van der Waals surface area contributed by atoms with E-state index in [2.05, 4.69) is 58.1 Å².